The van der Waals surface area contributed by atoms with Gasteiger partial charge in [0.05, 0.1) is 18.8 Å². The third-order valence-corrected chi connectivity index (χ3v) is 12.5. The summed E-state index contributed by atoms with van der Waals surface area (Å²) < 4.78 is 0. The van der Waals surface area contributed by atoms with Crippen molar-refractivity contribution in [1.82, 2.24) is 10.6 Å². The van der Waals surface area contributed by atoms with Crippen molar-refractivity contribution in [1.29, 1.82) is 0 Å². The van der Waals surface area contributed by atoms with Crippen molar-refractivity contribution in [2.75, 3.05) is 19.6 Å². The Kier molecular flexibility index (Phi) is 11.4. The number of carbonyl (C=O) groups is 2. The van der Waals surface area contributed by atoms with Gasteiger partial charge in [0.25, 0.3) is 5.91 Å². The lowest BCUT2D eigenvalue weighted by atomic mass is 9.43. The Bertz CT molecular complexity index is 967. The fraction of sp³-hybridized carbons (Fsp3) is 0.938. The number of aliphatic hydroxyl groups excluding tert-OH is 6. The van der Waals surface area contributed by atoms with Crippen molar-refractivity contribution >= 4 is 11.7 Å². The molecule has 1 amide bonds. The summed E-state index contributed by atoms with van der Waals surface area (Å²) in [5.74, 6) is 1.74. The average Bonchev–Trinajstić information content (AvgIpc) is 3.33. The van der Waals surface area contributed by atoms with Gasteiger partial charge < -0.3 is 46.4 Å². The molecule has 0 saturated heterocycles. The van der Waals surface area contributed by atoms with Crippen molar-refractivity contribution < 1.29 is 45.3 Å². The number of nitrogens with one attached hydrogen (secondary N) is 2. The van der Waals surface area contributed by atoms with Crippen LogP contribution in [0.1, 0.15) is 85.0 Å². The maximum absolute atomic E-state index is 12.9. The molecule has 43 heavy (non-hydrogen) atoms. The van der Waals surface area contributed by atoms with Crippen LogP contribution in [0.2, 0.25) is 0 Å². The Morgan fingerprint density at radius 2 is 1.60 bits per heavy atom. The summed E-state index contributed by atoms with van der Waals surface area (Å²) in [5.41, 5.74) is 0.0129. The van der Waals surface area contributed by atoms with Gasteiger partial charge in [0.15, 0.2) is 12.4 Å². The second-order valence-electron chi connectivity index (χ2n) is 14.8. The molecule has 0 radical (unpaired) electrons. The molecule has 4 fully saturated rings. The van der Waals surface area contributed by atoms with Crippen LogP contribution in [-0.2, 0) is 9.59 Å². The standard InChI is InChI=1S/C32H56N2O9/c1-17(13-20(36)16-33-11-4-12-34-29(41)27(39)26(38)28(40)30(42)43)22-7-8-23-21-6-5-18-14-19(35)9-10-31(18,2)24(21)15-25(37)32(22,23)3/h17-19,21-28,30,33,35,37-40,42-43H,4-16H2,1-3H3,(H,34,41)/t17-,18-,19+,21-,22+,23-,24-,25-,26-,27-,28-,31-,32+/m0/s1. The van der Waals surface area contributed by atoms with E-state index in [1.165, 1.54) is 12.8 Å². The van der Waals surface area contributed by atoms with E-state index < -0.39 is 30.5 Å². The highest BCUT2D eigenvalue weighted by molar-refractivity contribution is 5.81. The molecule has 0 aromatic rings. The van der Waals surface area contributed by atoms with Crippen LogP contribution in [0.15, 0.2) is 0 Å². The highest BCUT2D eigenvalue weighted by atomic mass is 16.5. The van der Waals surface area contributed by atoms with E-state index in [-0.39, 0.29) is 47.8 Å². The molecule has 4 rings (SSSR count). The SMILES string of the molecule is C[C@@H](CC(=O)CNCCCNC(=O)[C@@H](O)[C@H](O)[C@H](O)C(O)O)[C@H]1CC[C@H]2[C@@H]3CC[C@H]4C[C@H](O)CC[C@]4(C)[C@H]3C[C@H](O)[C@]12C. The summed E-state index contributed by atoms with van der Waals surface area (Å²) in [6, 6.07) is 0. The van der Waals surface area contributed by atoms with E-state index in [4.69, 9.17) is 10.2 Å². The van der Waals surface area contributed by atoms with Crippen molar-refractivity contribution in [3.63, 3.8) is 0 Å². The molecule has 11 heteroatoms. The fourth-order valence-corrected chi connectivity index (χ4v) is 10.0. The van der Waals surface area contributed by atoms with Crippen LogP contribution in [0.4, 0.5) is 0 Å². The maximum Gasteiger partial charge on any atom is 0.251 e. The molecular formula is C32H56N2O9. The number of aliphatic hydroxyl groups is 7. The largest absolute Gasteiger partial charge is 0.393 e. The van der Waals surface area contributed by atoms with E-state index in [1.54, 1.807) is 0 Å². The van der Waals surface area contributed by atoms with Crippen molar-refractivity contribution in [3.8, 4) is 0 Å². The number of hydrogen-bond acceptors (Lipinski definition) is 10. The van der Waals surface area contributed by atoms with Crippen LogP contribution in [0.3, 0.4) is 0 Å². The number of Topliss-reactive ketones (excluding diaryl/α,β-unsaturated/α-hetero) is 1. The Labute approximate surface area is 255 Å². The molecule has 11 nitrogen and oxygen atoms in total. The van der Waals surface area contributed by atoms with Gasteiger partial charge in [-0.1, -0.05) is 20.8 Å². The van der Waals surface area contributed by atoms with E-state index in [9.17, 15) is 35.1 Å². The second-order valence-corrected chi connectivity index (χ2v) is 14.8. The Hall–Kier alpha value is -1.18. The minimum atomic E-state index is -2.29. The minimum absolute atomic E-state index is 0.107. The molecule has 0 unspecified atom stereocenters. The van der Waals surface area contributed by atoms with Crippen molar-refractivity contribution in [3.05, 3.63) is 0 Å². The molecule has 0 bridgehead atoms. The van der Waals surface area contributed by atoms with Crippen LogP contribution in [-0.4, -0.2) is 104 Å². The molecule has 0 spiro atoms. The third-order valence-electron chi connectivity index (χ3n) is 12.5. The van der Waals surface area contributed by atoms with E-state index in [0.717, 1.165) is 38.5 Å². The summed E-state index contributed by atoms with van der Waals surface area (Å²) in [4.78, 5) is 24.8. The summed E-state index contributed by atoms with van der Waals surface area (Å²) >= 11 is 0. The summed E-state index contributed by atoms with van der Waals surface area (Å²) in [6.07, 6.45) is 0.0603. The predicted molar refractivity (Wildman–Crippen MR) is 158 cm³/mol. The number of ketones is 1. The van der Waals surface area contributed by atoms with Crippen LogP contribution in [0, 0.1) is 46.3 Å². The number of carbonyl (C=O) groups excluding carboxylic acids is 2. The zero-order chi connectivity index (χ0) is 31.7. The lowest BCUT2D eigenvalue weighted by Crippen LogP contribution is -2.58. The van der Waals surface area contributed by atoms with E-state index in [0.29, 0.717) is 49.0 Å². The topological polar surface area (TPSA) is 200 Å². The highest BCUT2D eigenvalue weighted by Gasteiger charge is 2.63. The molecule has 4 aliphatic carbocycles. The number of fused-ring (bicyclic) bond motifs is 5. The van der Waals surface area contributed by atoms with Crippen molar-refractivity contribution in [2.24, 2.45) is 46.3 Å². The highest BCUT2D eigenvalue weighted by Crippen LogP contribution is 2.68. The van der Waals surface area contributed by atoms with Gasteiger partial charge in [-0.15, -0.1) is 0 Å². The van der Waals surface area contributed by atoms with Gasteiger partial charge in [-0.25, -0.2) is 0 Å². The fourth-order valence-electron chi connectivity index (χ4n) is 10.0. The molecule has 4 saturated carbocycles. The van der Waals surface area contributed by atoms with Crippen LogP contribution >= 0.6 is 0 Å². The minimum Gasteiger partial charge on any atom is -0.393 e. The van der Waals surface area contributed by atoms with Gasteiger partial charge in [0, 0.05) is 13.0 Å². The summed E-state index contributed by atoms with van der Waals surface area (Å²) in [5, 5.41) is 74.1. The molecular weight excluding hydrogens is 556 g/mol. The molecule has 248 valence electrons. The van der Waals surface area contributed by atoms with Gasteiger partial charge in [-0.3, -0.25) is 9.59 Å². The monoisotopic (exact) mass is 612 g/mol. The first kappa shape index (κ1) is 34.7. The quantitative estimate of drug-likeness (QED) is 0.101. The molecule has 13 atom stereocenters. The smallest absolute Gasteiger partial charge is 0.251 e. The first-order valence-corrected chi connectivity index (χ1v) is 16.5. The number of amides is 1. The van der Waals surface area contributed by atoms with Crippen LogP contribution in [0.5, 0.6) is 0 Å². The van der Waals surface area contributed by atoms with Crippen LogP contribution in [0.25, 0.3) is 0 Å². The van der Waals surface area contributed by atoms with Gasteiger partial charge in [-0.2, -0.15) is 0 Å². The van der Waals surface area contributed by atoms with E-state index in [2.05, 4.69) is 31.4 Å². The zero-order valence-corrected chi connectivity index (χ0v) is 26.1. The van der Waals surface area contributed by atoms with Gasteiger partial charge in [-0.05, 0) is 111 Å². The predicted octanol–water partition coefficient (Wildman–Crippen LogP) is 0.0616. The molecule has 0 heterocycles. The third kappa shape index (κ3) is 6.99. The van der Waals surface area contributed by atoms with E-state index in [1.807, 2.05) is 0 Å². The average molecular weight is 613 g/mol. The molecule has 0 aromatic heterocycles. The lowest BCUT2D eigenvalue weighted by Gasteiger charge is -2.62. The molecule has 9 N–H and O–H groups in total. The second kappa shape index (κ2) is 14.1. The molecule has 4 aliphatic rings. The summed E-state index contributed by atoms with van der Waals surface area (Å²) in [6.45, 7) is 7.66. The zero-order valence-electron chi connectivity index (χ0n) is 26.1. The molecule has 0 aliphatic heterocycles. The van der Waals surface area contributed by atoms with Crippen LogP contribution < -0.4 is 10.6 Å². The summed E-state index contributed by atoms with van der Waals surface area (Å²) in [7, 11) is 0. The van der Waals surface area contributed by atoms with Gasteiger partial charge >= 0.3 is 0 Å². The number of hydrogen-bond donors (Lipinski definition) is 9. The van der Waals surface area contributed by atoms with Gasteiger partial charge in [0.1, 0.15) is 18.0 Å². The lowest BCUT2D eigenvalue weighted by molar-refractivity contribution is -0.180. The Morgan fingerprint density at radius 1 is 0.884 bits per heavy atom. The Balaban J connectivity index is 1.21. The maximum atomic E-state index is 12.9. The first-order valence-electron chi connectivity index (χ1n) is 16.5. The molecule has 0 aromatic carbocycles. The van der Waals surface area contributed by atoms with Gasteiger partial charge in [0.2, 0.25) is 0 Å². The Morgan fingerprint density at radius 3 is 2.30 bits per heavy atom. The number of rotatable bonds is 13. The normalized spacial score (nSPS) is 40.1. The van der Waals surface area contributed by atoms with E-state index >= 15 is 0 Å². The first-order chi connectivity index (χ1) is 20.2. The van der Waals surface area contributed by atoms with Crippen molar-refractivity contribution in [2.45, 2.75) is 122 Å².